The zero-order valence-electron chi connectivity index (χ0n) is 27.2. The summed E-state index contributed by atoms with van der Waals surface area (Å²) in [4.78, 5) is 0. The SMILES string of the molecule is C=C/C=C(\C=C/C[C@H](CC)C1=C2C(CCC3CC23)C(C)C=C1)C(C1=CC=CC(C/C=C\C=C/C)C1)c1cccc(CC)c1. The highest BCUT2D eigenvalue weighted by Crippen LogP contribution is 2.59. The molecule has 0 N–H and O–H groups in total. The van der Waals surface area contributed by atoms with Crippen LogP contribution in [0.5, 0.6) is 0 Å². The minimum Gasteiger partial charge on any atom is -0.0991 e. The van der Waals surface area contributed by atoms with Crippen molar-refractivity contribution >= 4 is 0 Å². The molecule has 1 aromatic rings. The van der Waals surface area contributed by atoms with E-state index in [1.54, 1.807) is 5.57 Å². The smallest absolute Gasteiger partial charge is 0.0302 e. The normalized spacial score (nSPS) is 28.3. The van der Waals surface area contributed by atoms with Gasteiger partial charge in [-0.1, -0.05) is 142 Å². The average molecular weight is 571 g/mol. The summed E-state index contributed by atoms with van der Waals surface area (Å²) in [5.74, 6) is 4.73. The molecule has 1 aromatic carbocycles. The van der Waals surface area contributed by atoms with Gasteiger partial charge in [-0.25, -0.2) is 0 Å². The molecule has 43 heavy (non-hydrogen) atoms. The van der Waals surface area contributed by atoms with Gasteiger partial charge < -0.3 is 0 Å². The minimum absolute atomic E-state index is 0.236. The zero-order valence-corrected chi connectivity index (χ0v) is 27.2. The van der Waals surface area contributed by atoms with E-state index in [0.29, 0.717) is 17.8 Å². The van der Waals surface area contributed by atoms with Gasteiger partial charge in [0, 0.05) is 5.92 Å². The number of hydrogen-bond acceptors (Lipinski definition) is 0. The molecule has 0 radical (unpaired) electrons. The first-order valence-electron chi connectivity index (χ1n) is 17.2. The summed E-state index contributed by atoms with van der Waals surface area (Å²) in [6.45, 7) is 13.3. The van der Waals surface area contributed by atoms with Crippen molar-refractivity contribution in [2.24, 2.45) is 35.5 Å². The van der Waals surface area contributed by atoms with Crippen molar-refractivity contribution in [1.29, 1.82) is 0 Å². The van der Waals surface area contributed by atoms with Gasteiger partial charge in [0.05, 0.1) is 0 Å². The Hall–Kier alpha value is -3.12. The predicted octanol–water partition coefficient (Wildman–Crippen LogP) is 12.0. The average Bonchev–Trinajstić information content (AvgIpc) is 3.83. The van der Waals surface area contributed by atoms with Crippen LogP contribution in [0.1, 0.15) is 89.7 Å². The second-order valence-corrected chi connectivity index (χ2v) is 13.4. The van der Waals surface area contributed by atoms with Crippen molar-refractivity contribution in [2.75, 3.05) is 0 Å². The van der Waals surface area contributed by atoms with Gasteiger partial charge in [0.2, 0.25) is 0 Å². The molecule has 7 atom stereocenters. The van der Waals surface area contributed by atoms with Crippen LogP contribution in [0.2, 0.25) is 0 Å². The van der Waals surface area contributed by atoms with Gasteiger partial charge in [0.15, 0.2) is 0 Å². The molecule has 4 aliphatic carbocycles. The molecule has 0 nitrogen and oxygen atoms in total. The Morgan fingerprint density at radius 2 is 1.95 bits per heavy atom. The summed E-state index contributed by atoms with van der Waals surface area (Å²) in [6, 6.07) is 9.27. The molecule has 2 fully saturated rings. The van der Waals surface area contributed by atoms with Crippen molar-refractivity contribution in [2.45, 2.75) is 85.0 Å². The number of fused-ring (bicyclic) bond motifs is 3. The number of aryl methyl sites for hydroxylation is 1. The van der Waals surface area contributed by atoms with Crippen molar-refractivity contribution in [3.8, 4) is 0 Å². The summed E-state index contributed by atoms with van der Waals surface area (Å²) in [5.41, 5.74) is 9.21. The summed E-state index contributed by atoms with van der Waals surface area (Å²) >= 11 is 0. The minimum atomic E-state index is 0.236. The molecule has 0 heteroatoms. The van der Waals surface area contributed by atoms with E-state index >= 15 is 0 Å². The van der Waals surface area contributed by atoms with Gasteiger partial charge in [-0.3, -0.25) is 0 Å². The second kappa shape index (κ2) is 15.1. The van der Waals surface area contributed by atoms with E-state index in [4.69, 9.17) is 0 Å². The lowest BCUT2D eigenvalue weighted by Gasteiger charge is -2.36. The topological polar surface area (TPSA) is 0 Å². The van der Waals surface area contributed by atoms with E-state index in [9.17, 15) is 0 Å². The monoisotopic (exact) mass is 570 g/mol. The van der Waals surface area contributed by atoms with Crippen LogP contribution >= 0.6 is 0 Å². The van der Waals surface area contributed by atoms with Crippen LogP contribution in [0.25, 0.3) is 0 Å². The van der Waals surface area contributed by atoms with Crippen LogP contribution in [-0.2, 0) is 6.42 Å². The molecule has 0 aliphatic heterocycles. The van der Waals surface area contributed by atoms with Crippen molar-refractivity contribution in [3.05, 3.63) is 143 Å². The molecular weight excluding hydrogens is 516 g/mol. The molecule has 0 saturated heterocycles. The zero-order chi connectivity index (χ0) is 30.2. The highest BCUT2D eigenvalue weighted by Gasteiger charge is 2.48. The Labute approximate surface area is 263 Å². The summed E-state index contributed by atoms with van der Waals surface area (Å²) in [5, 5.41) is 0. The van der Waals surface area contributed by atoms with Gasteiger partial charge >= 0.3 is 0 Å². The summed E-state index contributed by atoms with van der Waals surface area (Å²) in [7, 11) is 0. The Bertz CT molecular complexity index is 1360. The Kier molecular flexibility index (Phi) is 11.0. The first kappa shape index (κ1) is 31.3. The number of benzene rings is 1. The molecule has 4 aliphatic rings. The first-order valence-corrected chi connectivity index (χ1v) is 17.2. The van der Waals surface area contributed by atoms with Crippen molar-refractivity contribution in [1.82, 2.24) is 0 Å². The molecular formula is C43H54. The number of allylic oxidation sites excluding steroid dienone is 17. The van der Waals surface area contributed by atoms with E-state index < -0.39 is 0 Å². The van der Waals surface area contributed by atoms with Crippen LogP contribution in [0.3, 0.4) is 0 Å². The van der Waals surface area contributed by atoms with Crippen molar-refractivity contribution in [3.63, 3.8) is 0 Å². The third-order valence-corrected chi connectivity index (χ3v) is 10.6. The Morgan fingerprint density at radius 3 is 2.74 bits per heavy atom. The lowest BCUT2D eigenvalue weighted by Crippen LogP contribution is -2.24. The van der Waals surface area contributed by atoms with E-state index in [-0.39, 0.29) is 5.92 Å². The third kappa shape index (κ3) is 7.52. The fraction of sp³-hybridized carbons (Fsp3) is 0.442. The maximum atomic E-state index is 4.15. The molecule has 2 saturated carbocycles. The van der Waals surface area contributed by atoms with Crippen LogP contribution in [0.4, 0.5) is 0 Å². The lowest BCUT2D eigenvalue weighted by atomic mass is 9.69. The van der Waals surface area contributed by atoms with E-state index in [1.807, 2.05) is 11.6 Å². The van der Waals surface area contributed by atoms with Gasteiger partial charge in [-0.15, -0.1) is 0 Å². The van der Waals surface area contributed by atoms with Gasteiger partial charge in [-0.05, 0) is 116 Å². The molecule has 0 heterocycles. The molecule has 0 aromatic heterocycles. The second-order valence-electron chi connectivity index (χ2n) is 13.4. The number of rotatable bonds is 13. The standard InChI is InChI=1S/C43H54/c1-6-10-11-12-17-33-19-14-23-38(29-33)42(37-22-13-18-32(8-3)28-37)35(16-7-2)21-15-20-34(9-4)40-26-24-31(5)39-27-25-36-30-41(36)43(39)40/h6-7,10-16,18-19,21-24,26,28,31,33-34,36,39,41-42H,2,8-9,17,20,25,27,29-30H2,1,3-5H3/b10-6-,12-11-,21-15-,35-16+/t31?,33?,34-,36?,39?,41?,42?/m0/s1. The number of hydrogen-bond donors (Lipinski definition) is 0. The van der Waals surface area contributed by atoms with Gasteiger partial charge in [-0.2, -0.15) is 0 Å². The maximum Gasteiger partial charge on any atom is 0.0302 e. The lowest BCUT2D eigenvalue weighted by molar-refractivity contribution is 0.357. The fourth-order valence-corrected chi connectivity index (χ4v) is 8.08. The highest BCUT2D eigenvalue weighted by molar-refractivity contribution is 5.48. The molecule has 0 spiro atoms. The fourth-order valence-electron chi connectivity index (χ4n) is 8.08. The quantitative estimate of drug-likeness (QED) is 0.207. The summed E-state index contributed by atoms with van der Waals surface area (Å²) < 4.78 is 0. The summed E-state index contributed by atoms with van der Waals surface area (Å²) in [6.07, 6.45) is 39.8. The van der Waals surface area contributed by atoms with E-state index in [0.717, 1.165) is 43.4 Å². The van der Waals surface area contributed by atoms with E-state index in [2.05, 4.69) is 131 Å². The predicted molar refractivity (Wildman–Crippen MR) is 188 cm³/mol. The molecule has 0 amide bonds. The van der Waals surface area contributed by atoms with E-state index in [1.165, 1.54) is 48.0 Å². The van der Waals surface area contributed by atoms with Gasteiger partial charge in [0.25, 0.3) is 0 Å². The van der Waals surface area contributed by atoms with Crippen LogP contribution in [-0.4, -0.2) is 0 Å². The van der Waals surface area contributed by atoms with Gasteiger partial charge in [0.1, 0.15) is 0 Å². The molecule has 5 rings (SSSR count). The molecule has 226 valence electrons. The van der Waals surface area contributed by atoms with Crippen molar-refractivity contribution < 1.29 is 0 Å². The van der Waals surface area contributed by atoms with Crippen LogP contribution < -0.4 is 0 Å². The Morgan fingerprint density at radius 1 is 1.07 bits per heavy atom. The maximum absolute atomic E-state index is 4.15. The van der Waals surface area contributed by atoms with Crippen LogP contribution in [0.15, 0.2) is 132 Å². The first-order chi connectivity index (χ1) is 21.1. The Balaban J connectivity index is 1.41. The third-order valence-electron chi connectivity index (χ3n) is 10.6. The largest absolute Gasteiger partial charge is 0.0991 e. The highest BCUT2D eigenvalue weighted by atomic mass is 14.5. The molecule has 0 bridgehead atoms. The molecule has 6 unspecified atom stereocenters. The van der Waals surface area contributed by atoms with Crippen LogP contribution in [0, 0.1) is 35.5 Å².